The van der Waals surface area contributed by atoms with Crippen LogP contribution >= 0.6 is 0 Å². The topological polar surface area (TPSA) is 51.6 Å². The molecule has 0 radical (unpaired) electrons. The lowest BCUT2D eigenvalue weighted by Gasteiger charge is -2.35. The molecule has 0 amide bonds. The largest absolute Gasteiger partial charge is 0.497 e. The van der Waals surface area contributed by atoms with E-state index >= 15 is 0 Å². The van der Waals surface area contributed by atoms with Crippen LogP contribution in [-0.2, 0) is 30.0 Å². The highest BCUT2D eigenvalue weighted by molar-refractivity contribution is 5.40. The first-order valence-corrected chi connectivity index (χ1v) is 10.7. The van der Waals surface area contributed by atoms with Crippen LogP contribution in [-0.4, -0.2) is 17.2 Å². The van der Waals surface area contributed by atoms with Gasteiger partial charge in [0.05, 0.1) is 26.0 Å². The third-order valence-corrected chi connectivity index (χ3v) is 5.63. The Kier molecular flexibility index (Phi) is 6.95. The van der Waals surface area contributed by atoms with Gasteiger partial charge in [0.25, 0.3) is 0 Å². The van der Waals surface area contributed by atoms with E-state index < -0.39 is 5.60 Å². The number of rotatable bonds is 9. The molecule has 0 bridgehead atoms. The zero-order valence-electron chi connectivity index (χ0n) is 18.1. The minimum absolute atomic E-state index is 0.0728. The molecule has 162 valence electrons. The van der Waals surface area contributed by atoms with Crippen LogP contribution in [0.5, 0.6) is 5.75 Å². The van der Waals surface area contributed by atoms with E-state index in [4.69, 9.17) is 9.47 Å². The fourth-order valence-corrected chi connectivity index (χ4v) is 3.87. The third-order valence-electron chi connectivity index (χ3n) is 5.63. The van der Waals surface area contributed by atoms with Gasteiger partial charge < -0.3 is 14.6 Å². The fraction of sp³-hybridized carbons (Fsp3) is 0.179. The van der Waals surface area contributed by atoms with Crippen molar-refractivity contribution < 1.29 is 14.6 Å². The van der Waals surface area contributed by atoms with Gasteiger partial charge in [0.15, 0.2) is 0 Å². The van der Waals surface area contributed by atoms with Crippen molar-refractivity contribution in [1.82, 2.24) is 4.98 Å². The number of pyridine rings is 1. The molecule has 0 aliphatic heterocycles. The highest BCUT2D eigenvalue weighted by atomic mass is 16.5. The average molecular weight is 426 g/mol. The summed E-state index contributed by atoms with van der Waals surface area (Å²) in [6.07, 6.45) is 2.42. The van der Waals surface area contributed by atoms with Crippen LogP contribution in [0, 0.1) is 0 Å². The van der Waals surface area contributed by atoms with Crippen molar-refractivity contribution in [2.45, 2.75) is 25.2 Å². The van der Waals surface area contributed by atoms with Crippen LogP contribution in [0.25, 0.3) is 0 Å². The number of aliphatic hydroxyl groups excluding tert-OH is 1. The van der Waals surface area contributed by atoms with Crippen molar-refractivity contribution in [1.29, 1.82) is 0 Å². The molecule has 0 unspecified atom stereocenters. The molecule has 1 aromatic heterocycles. The lowest BCUT2D eigenvalue weighted by atomic mass is 9.81. The molecule has 4 nitrogen and oxygen atoms in total. The number of aliphatic hydroxyl groups is 1. The van der Waals surface area contributed by atoms with Crippen molar-refractivity contribution in [2.75, 3.05) is 7.11 Å². The summed E-state index contributed by atoms with van der Waals surface area (Å²) >= 11 is 0. The molecule has 1 heterocycles. The first-order valence-electron chi connectivity index (χ1n) is 10.7. The zero-order chi connectivity index (χ0) is 22.2. The standard InChI is InChI=1S/C28H27NO3/c1-31-27-16-13-22(14-17-27)18-28(24-8-4-2-5-9-24,25-10-6-3-7-11-25)32-21-23-12-15-26(20-30)29-19-23/h2-17,19,30H,18,20-21H2,1H3. The van der Waals surface area contributed by atoms with E-state index in [1.807, 2.05) is 60.7 Å². The van der Waals surface area contributed by atoms with Crippen LogP contribution in [0.3, 0.4) is 0 Å². The van der Waals surface area contributed by atoms with Gasteiger partial charge in [0, 0.05) is 12.6 Å². The summed E-state index contributed by atoms with van der Waals surface area (Å²) < 4.78 is 12.1. The molecule has 0 saturated heterocycles. The summed E-state index contributed by atoms with van der Waals surface area (Å²) in [4.78, 5) is 4.30. The molecule has 0 aliphatic rings. The quantitative estimate of drug-likeness (QED) is 0.396. The number of benzene rings is 3. The maximum Gasteiger partial charge on any atom is 0.123 e. The minimum atomic E-state index is -0.688. The summed E-state index contributed by atoms with van der Waals surface area (Å²) in [5, 5.41) is 9.28. The van der Waals surface area contributed by atoms with Crippen LogP contribution < -0.4 is 4.74 Å². The first kappa shape index (κ1) is 21.8. The summed E-state index contributed by atoms with van der Waals surface area (Å²) in [5.74, 6) is 0.828. The Balaban J connectivity index is 1.76. The monoisotopic (exact) mass is 425 g/mol. The Bertz CT molecular complexity index is 1060. The van der Waals surface area contributed by atoms with Gasteiger partial charge >= 0.3 is 0 Å². The van der Waals surface area contributed by atoms with Gasteiger partial charge in [-0.3, -0.25) is 4.98 Å². The molecule has 4 aromatic rings. The Morgan fingerprint density at radius 1 is 0.750 bits per heavy atom. The molecule has 1 N–H and O–H groups in total. The van der Waals surface area contributed by atoms with E-state index in [-0.39, 0.29) is 6.61 Å². The van der Waals surface area contributed by atoms with Gasteiger partial charge in [0.2, 0.25) is 0 Å². The average Bonchev–Trinajstić information content (AvgIpc) is 2.88. The van der Waals surface area contributed by atoms with Crippen molar-refractivity contribution >= 4 is 0 Å². The summed E-state index contributed by atoms with van der Waals surface area (Å²) in [5.41, 5.74) is 4.22. The Hall–Kier alpha value is -3.47. The molecule has 0 spiro atoms. The Morgan fingerprint density at radius 3 is 1.84 bits per heavy atom. The van der Waals surface area contributed by atoms with Crippen molar-refractivity contribution in [2.24, 2.45) is 0 Å². The summed E-state index contributed by atoms with van der Waals surface area (Å²) in [6.45, 7) is 0.315. The molecular formula is C28H27NO3. The predicted octanol–water partition coefficient (Wildman–Crippen LogP) is 5.29. The van der Waals surface area contributed by atoms with Gasteiger partial charge in [0.1, 0.15) is 11.4 Å². The van der Waals surface area contributed by atoms with Crippen molar-refractivity contribution in [3.63, 3.8) is 0 Å². The molecule has 0 aliphatic carbocycles. The maximum absolute atomic E-state index is 9.28. The smallest absolute Gasteiger partial charge is 0.123 e. The first-order chi connectivity index (χ1) is 15.7. The minimum Gasteiger partial charge on any atom is -0.497 e. The molecule has 4 heteroatoms. The zero-order valence-corrected chi connectivity index (χ0v) is 18.1. The molecule has 4 rings (SSSR count). The van der Waals surface area contributed by atoms with E-state index in [1.165, 1.54) is 0 Å². The second kappa shape index (κ2) is 10.2. The Labute approximate surface area is 189 Å². The van der Waals surface area contributed by atoms with E-state index in [0.29, 0.717) is 18.7 Å². The molecule has 0 fully saturated rings. The van der Waals surface area contributed by atoms with E-state index in [2.05, 4.69) is 41.4 Å². The number of hydrogen-bond acceptors (Lipinski definition) is 4. The normalized spacial score (nSPS) is 11.3. The molecule has 3 aromatic carbocycles. The maximum atomic E-state index is 9.28. The molecule has 0 atom stereocenters. The summed E-state index contributed by atoms with van der Waals surface area (Å²) in [7, 11) is 1.67. The number of ether oxygens (including phenoxy) is 2. The summed E-state index contributed by atoms with van der Waals surface area (Å²) in [6, 6.07) is 32.6. The lowest BCUT2D eigenvalue weighted by molar-refractivity contribution is -0.0306. The molecule has 0 saturated carbocycles. The number of hydrogen-bond donors (Lipinski definition) is 1. The van der Waals surface area contributed by atoms with Crippen LogP contribution in [0.2, 0.25) is 0 Å². The molecule has 32 heavy (non-hydrogen) atoms. The van der Waals surface area contributed by atoms with E-state index in [0.717, 1.165) is 28.0 Å². The van der Waals surface area contributed by atoms with Gasteiger partial charge in [-0.2, -0.15) is 0 Å². The number of methoxy groups -OCH3 is 1. The van der Waals surface area contributed by atoms with E-state index in [1.54, 1.807) is 13.3 Å². The van der Waals surface area contributed by atoms with Gasteiger partial charge in [-0.25, -0.2) is 0 Å². The highest BCUT2D eigenvalue weighted by Gasteiger charge is 2.35. The SMILES string of the molecule is COc1ccc(CC(OCc2ccc(CO)nc2)(c2ccccc2)c2ccccc2)cc1. The molecular weight excluding hydrogens is 398 g/mol. The van der Waals surface area contributed by atoms with Gasteiger partial charge in [-0.15, -0.1) is 0 Å². The predicted molar refractivity (Wildman–Crippen MR) is 125 cm³/mol. The highest BCUT2D eigenvalue weighted by Crippen LogP contribution is 2.38. The lowest BCUT2D eigenvalue weighted by Crippen LogP contribution is -2.34. The van der Waals surface area contributed by atoms with Crippen LogP contribution in [0.4, 0.5) is 0 Å². The van der Waals surface area contributed by atoms with E-state index in [9.17, 15) is 5.11 Å². The fourth-order valence-electron chi connectivity index (χ4n) is 3.87. The van der Waals surface area contributed by atoms with Crippen LogP contribution in [0.1, 0.15) is 27.9 Å². The van der Waals surface area contributed by atoms with Crippen molar-refractivity contribution in [3.05, 3.63) is 131 Å². The number of aromatic nitrogens is 1. The third kappa shape index (κ3) is 4.88. The van der Waals surface area contributed by atoms with Crippen LogP contribution in [0.15, 0.2) is 103 Å². The second-order valence-corrected chi connectivity index (χ2v) is 7.69. The van der Waals surface area contributed by atoms with Crippen molar-refractivity contribution in [3.8, 4) is 5.75 Å². The van der Waals surface area contributed by atoms with Gasteiger partial charge in [-0.1, -0.05) is 78.9 Å². The second-order valence-electron chi connectivity index (χ2n) is 7.69. The van der Waals surface area contributed by atoms with Gasteiger partial charge in [-0.05, 0) is 40.5 Å². The number of nitrogens with zero attached hydrogens (tertiary/aromatic N) is 1. The Morgan fingerprint density at radius 2 is 1.34 bits per heavy atom.